The Morgan fingerprint density at radius 3 is 2.64 bits per heavy atom. The van der Waals surface area contributed by atoms with Crippen LogP contribution in [-0.4, -0.2) is 17.1 Å². The van der Waals surface area contributed by atoms with E-state index < -0.39 is 5.97 Å². The first kappa shape index (κ1) is 15.6. The molecule has 0 saturated heterocycles. The van der Waals surface area contributed by atoms with Gasteiger partial charge in [-0.05, 0) is 50.5 Å². The Hall–Kier alpha value is -1.29. The molecule has 0 aliphatic heterocycles. The minimum Gasteiger partial charge on any atom is -0.481 e. The zero-order chi connectivity index (χ0) is 15.9. The van der Waals surface area contributed by atoms with Crippen molar-refractivity contribution in [3.8, 4) is 0 Å². The number of hydrogen-bond acceptors (Lipinski definition) is 3. The molecule has 122 valence electrons. The number of aliphatic carboxylic acids is 1. The van der Waals surface area contributed by atoms with E-state index in [1.54, 1.807) is 0 Å². The van der Waals surface area contributed by atoms with Gasteiger partial charge in [0.15, 0.2) is 0 Å². The Kier molecular flexibility index (Phi) is 4.06. The van der Waals surface area contributed by atoms with Gasteiger partial charge in [0, 0.05) is 24.1 Å². The zero-order valence-electron chi connectivity index (χ0n) is 13.8. The second-order valence-corrected chi connectivity index (χ2v) is 7.89. The molecule has 1 atom stereocenters. The smallest absolute Gasteiger partial charge is 0.306 e. The summed E-state index contributed by atoms with van der Waals surface area (Å²) in [5, 5.41) is 12.9. The van der Waals surface area contributed by atoms with E-state index >= 15 is 0 Å². The van der Waals surface area contributed by atoms with Crippen LogP contribution in [0, 0.1) is 18.3 Å². The number of carbonyl (C=O) groups is 1. The van der Waals surface area contributed by atoms with Gasteiger partial charge in [0.1, 0.15) is 11.5 Å². The van der Waals surface area contributed by atoms with Crippen LogP contribution in [0.25, 0.3) is 0 Å². The molecule has 4 nitrogen and oxygen atoms in total. The van der Waals surface area contributed by atoms with Gasteiger partial charge in [0.05, 0.1) is 5.92 Å². The third-order valence-corrected chi connectivity index (χ3v) is 5.25. The largest absolute Gasteiger partial charge is 0.481 e. The molecule has 3 rings (SSSR count). The number of hydrogen-bond donors (Lipinski definition) is 2. The third-order valence-electron chi connectivity index (χ3n) is 5.25. The van der Waals surface area contributed by atoms with Crippen LogP contribution in [0.3, 0.4) is 0 Å². The molecule has 1 unspecified atom stereocenters. The second kappa shape index (κ2) is 5.73. The van der Waals surface area contributed by atoms with Gasteiger partial charge in [0.25, 0.3) is 0 Å². The first-order valence-electron chi connectivity index (χ1n) is 8.42. The fourth-order valence-corrected chi connectivity index (χ4v) is 4.12. The molecule has 2 aliphatic rings. The summed E-state index contributed by atoms with van der Waals surface area (Å²) in [6.45, 7) is 6.61. The summed E-state index contributed by atoms with van der Waals surface area (Å²) in [6, 6.07) is 2.94. The average molecular weight is 305 g/mol. The maximum absolute atomic E-state index is 11.1. The lowest BCUT2D eigenvalue weighted by Gasteiger charge is -2.38. The lowest BCUT2D eigenvalue weighted by Crippen LogP contribution is -2.40. The first-order valence-corrected chi connectivity index (χ1v) is 8.42. The second-order valence-electron chi connectivity index (χ2n) is 7.89. The Labute approximate surface area is 132 Å². The van der Waals surface area contributed by atoms with E-state index in [1.165, 1.54) is 5.56 Å². The number of carboxylic acid groups (broad SMARTS) is 1. The van der Waals surface area contributed by atoms with Crippen molar-refractivity contribution in [1.29, 1.82) is 0 Å². The van der Waals surface area contributed by atoms with Crippen molar-refractivity contribution in [2.75, 3.05) is 0 Å². The molecule has 0 aromatic carbocycles. The summed E-state index contributed by atoms with van der Waals surface area (Å²) in [6.07, 6.45) is 5.61. The van der Waals surface area contributed by atoms with Crippen molar-refractivity contribution in [3.63, 3.8) is 0 Å². The molecule has 1 aromatic rings. The average Bonchev–Trinajstić information content (AvgIpc) is 2.78. The monoisotopic (exact) mass is 305 g/mol. The molecular weight excluding hydrogens is 278 g/mol. The number of furan rings is 1. The summed E-state index contributed by atoms with van der Waals surface area (Å²) < 4.78 is 5.89. The molecule has 1 heterocycles. The number of aryl methyl sites for hydroxylation is 1. The van der Waals surface area contributed by atoms with Gasteiger partial charge >= 0.3 is 5.97 Å². The maximum atomic E-state index is 11.1. The highest BCUT2D eigenvalue weighted by atomic mass is 16.4. The zero-order valence-corrected chi connectivity index (χ0v) is 13.8. The molecular formula is C18H27NO3. The van der Waals surface area contributed by atoms with Gasteiger partial charge in [-0.3, -0.25) is 4.79 Å². The first-order chi connectivity index (χ1) is 10.3. The molecule has 0 amide bonds. The molecule has 4 heteroatoms. The van der Waals surface area contributed by atoms with Crippen molar-refractivity contribution >= 4 is 5.97 Å². The lowest BCUT2D eigenvalue weighted by atomic mass is 9.74. The van der Waals surface area contributed by atoms with Gasteiger partial charge in [0.2, 0.25) is 0 Å². The van der Waals surface area contributed by atoms with Crippen molar-refractivity contribution in [3.05, 3.63) is 23.2 Å². The fraction of sp³-hybridized carbons (Fsp3) is 0.722. The topological polar surface area (TPSA) is 62.5 Å². The normalized spacial score (nSPS) is 30.8. The molecule has 0 spiro atoms. The molecule has 1 saturated carbocycles. The van der Waals surface area contributed by atoms with Crippen LogP contribution in [0.5, 0.6) is 0 Å². The van der Waals surface area contributed by atoms with Crippen LogP contribution in [0.15, 0.2) is 10.5 Å². The van der Waals surface area contributed by atoms with Crippen LogP contribution in [-0.2, 0) is 11.2 Å². The number of nitrogens with one attached hydrogen (secondary N) is 1. The van der Waals surface area contributed by atoms with Crippen molar-refractivity contribution in [2.24, 2.45) is 11.3 Å². The predicted octanol–water partition coefficient (Wildman–Crippen LogP) is 3.83. The highest BCUT2D eigenvalue weighted by Gasteiger charge is 2.36. The molecule has 1 aromatic heterocycles. The van der Waals surface area contributed by atoms with Gasteiger partial charge < -0.3 is 14.8 Å². The van der Waals surface area contributed by atoms with E-state index in [0.29, 0.717) is 12.1 Å². The van der Waals surface area contributed by atoms with E-state index in [1.807, 2.05) is 6.92 Å². The summed E-state index contributed by atoms with van der Waals surface area (Å²) in [5.74, 6) is 1.34. The van der Waals surface area contributed by atoms with E-state index in [0.717, 1.165) is 50.0 Å². The molecule has 22 heavy (non-hydrogen) atoms. The third kappa shape index (κ3) is 3.22. The van der Waals surface area contributed by atoms with Crippen LogP contribution < -0.4 is 5.32 Å². The molecule has 0 bridgehead atoms. The highest BCUT2D eigenvalue weighted by Crippen LogP contribution is 2.42. The van der Waals surface area contributed by atoms with Gasteiger partial charge in [-0.2, -0.15) is 0 Å². The SMILES string of the molecule is Cc1cc2c(o1)CC(C)(C)CC2NC1CCC(C(=O)O)CC1. The number of fused-ring (bicyclic) bond motifs is 1. The van der Waals surface area contributed by atoms with Crippen molar-refractivity contribution in [1.82, 2.24) is 5.32 Å². The Bertz CT molecular complexity index is 553. The van der Waals surface area contributed by atoms with Gasteiger partial charge in [-0.15, -0.1) is 0 Å². The van der Waals surface area contributed by atoms with Gasteiger partial charge in [-0.1, -0.05) is 13.8 Å². The number of carboxylic acids is 1. The van der Waals surface area contributed by atoms with Crippen LogP contribution in [0.1, 0.15) is 69.1 Å². The van der Waals surface area contributed by atoms with Crippen molar-refractivity contribution < 1.29 is 14.3 Å². The molecule has 2 aliphatic carbocycles. The maximum Gasteiger partial charge on any atom is 0.306 e. The fourth-order valence-electron chi connectivity index (χ4n) is 4.12. The minimum atomic E-state index is -0.634. The molecule has 0 radical (unpaired) electrons. The summed E-state index contributed by atoms with van der Waals surface area (Å²) in [7, 11) is 0. The molecule has 1 fully saturated rings. The Morgan fingerprint density at radius 2 is 2.00 bits per heavy atom. The van der Waals surface area contributed by atoms with Crippen LogP contribution in [0.2, 0.25) is 0 Å². The summed E-state index contributed by atoms with van der Waals surface area (Å²) >= 11 is 0. The quantitative estimate of drug-likeness (QED) is 0.890. The Balaban J connectivity index is 1.69. The lowest BCUT2D eigenvalue weighted by molar-refractivity contribution is -0.142. The Morgan fingerprint density at radius 1 is 1.32 bits per heavy atom. The van der Waals surface area contributed by atoms with Crippen LogP contribution in [0.4, 0.5) is 0 Å². The number of rotatable bonds is 3. The highest BCUT2D eigenvalue weighted by molar-refractivity contribution is 5.70. The summed E-state index contributed by atoms with van der Waals surface area (Å²) in [4.78, 5) is 11.1. The van der Waals surface area contributed by atoms with Gasteiger partial charge in [-0.25, -0.2) is 0 Å². The van der Waals surface area contributed by atoms with E-state index in [9.17, 15) is 4.79 Å². The molecule has 2 N–H and O–H groups in total. The predicted molar refractivity (Wildman–Crippen MR) is 84.8 cm³/mol. The van der Waals surface area contributed by atoms with E-state index in [4.69, 9.17) is 9.52 Å². The standard InChI is InChI=1S/C18H27NO3/c1-11-8-14-15(9-18(2,3)10-16(14)22-11)19-13-6-4-12(5-7-13)17(20)21/h8,12-13,15,19H,4-7,9-10H2,1-3H3,(H,20,21). The summed E-state index contributed by atoms with van der Waals surface area (Å²) in [5.41, 5.74) is 1.56. The minimum absolute atomic E-state index is 0.146. The van der Waals surface area contributed by atoms with E-state index in [-0.39, 0.29) is 11.3 Å². The van der Waals surface area contributed by atoms with Crippen molar-refractivity contribution in [2.45, 2.75) is 71.4 Å². The van der Waals surface area contributed by atoms with E-state index in [2.05, 4.69) is 25.2 Å². The van der Waals surface area contributed by atoms with Crippen LogP contribution >= 0.6 is 0 Å².